The first-order valence-electron chi connectivity index (χ1n) is 4.50. The molecule has 1 N–H and O–H groups in total. The molecule has 1 aliphatic rings. The fourth-order valence-corrected chi connectivity index (χ4v) is 1.63. The average Bonchev–Trinajstić information content (AvgIpc) is 1.94. The van der Waals surface area contributed by atoms with Crippen LogP contribution in [0.3, 0.4) is 0 Å². The van der Waals surface area contributed by atoms with Crippen molar-refractivity contribution in [2.24, 2.45) is 5.92 Å². The summed E-state index contributed by atoms with van der Waals surface area (Å²) in [6, 6.07) is -0.619. The number of carboxylic acids is 1. The monoisotopic (exact) mass is 185 g/mol. The number of likely N-dealkylation sites (N-methyl/N-ethyl adjacent to an activating group) is 1. The lowest BCUT2D eigenvalue weighted by Gasteiger charge is -2.36. The zero-order valence-electron chi connectivity index (χ0n) is 7.99. The minimum atomic E-state index is -0.887. The highest BCUT2D eigenvalue weighted by Crippen LogP contribution is 2.31. The Kier molecular flexibility index (Phi) is 2.90. The topological polar surface area (TPSA) is 57.6 Å². The van der Waals surface area contributed by atoms with Crippen LogP contribution < -0.4 is 0 Å². The van der Waals surface area contributed by atoms with Crippen LogP contribution in [0.15, 0.2) is 0 Å². The minimum absolute atomic E-state index is 0.159. The van der Waals surface area contributed by atoms with E-state index in [9.17, 15) is 9.59 Å². The summed E-state index contributed by atoms with van der Waals surface area (Å²) in [5.41, 5.74) is 0. The zero-order valence-corrected chi connectivity index (χ0v) is 7.99. The number of hydrogen-bond acceptors (Lipinski definition) is 2. The van der Waals surface area contributed by atoms with Gasteiger partial charge in [-0.1, -0.05) is 6.42 Å². The van der Waals surface area contributed by atoms with E-state index < -0.39 is 12.0 Å². The molecule has 13 heavy (non-hydrogen) atoms. The van der Waals surface area contributed by atoms with E-state index in [2.05, 4.69) is 0 Å². The Hall–Kier alpha value is -1.06. The van der Waals surface area contributed by atoms with Gasteiger partial charge in [0.15, 0.2) is 0 Å². The lowest BCUT2D eigenvalue weighted by molar-refractivity contribution is -0.152. The van der Waals surface area contributed by atoms with Crippen molar-refractivity contribution < 1.29 is 14.7 Å². The van der Waals surface area contributed by atoms with Crippen molar-refractivity contribution in [2.75, 3.05) is 7.05 Å². The number of hydrogen-bond donors (Lipinski definition) is 1. The van der Waals surface area contributed by atoms with Crippen LogP contribution in [0.1, 0.15) is 26.2 Å². The van der Waals surface area contributed by atoms with Gasteiger partial charge >= 0.3 is 5.97 Å². The van der Waals surface area contributed by atoms with Gasteiger partial charge in [0.05, 0.1) is 0 Å². The van der Waals surface area contributed by atoms with Crippen LogP contribution >= 0.6 is 0 Å². The standard InChI is InChI=1S/C9H15NO3/c1-6(11)10(2)8(9(12)13)7-4-3-5-7/h7-8H,3-5H2,1-2H3,(H,12,13). The molecule has 0 heterocycles. The maximum absolute atomic E-state index is 11.0. The molecule has 4 nitrogen and oxygen atoms in total. The second-order valence-electron chi connectivity index (χ2n) is 3.60. The molecule has 74 valence electrons. The van der Waals surface area contributed by atoms with Crippen molar-refractivity contribution in [3.63, 3.8) is 0 Å². The highest BCUT2D eigenvalue weighted by molar-refractivity contribution is 5.82. The van der Waals surface area contributed by atoms with Crippen LogP contribution in [0.2, 0.25) is 0 Å². The number of aliphatic carboxylic acids is 1. The minimum Gasteiger partial charge on any atom is -0.480 e. The van der Waals surface area contributed by atoms with Gasteiger partial charge in [-0.05, 0) is 18.8 Å². The molecule has 0 aromatic heterocycles. The van der Waals surface area contributed by atoms with E-state index in [0.717, 1.165) is 19.3 Å². The Bertz CT molecular complexity index is 223. The molecule has 1 amide bonds. The van der Waals surface area contributed by atoms with Gasteiger partial charge in [0, 0.05) is 14.0 Å². The van der Waals surface area contributed by atoms with Crippen molar-refractivity contribution >= 4 is 11.9 Å². The Morgan fingerprint density at radius 2 is 2.00 bits per heavy atom. The molecule has 0 aliphatic heterocycles. The molecular formula is C9H15NO3. The van der Waals surface area contributed by atoms with Crippen LogP contribution in [0, 0.1) is 5.92 Å². The van der Waals surface area contributed by atoms with Gasteiger partial charge in [0.1, 0.15) is 6.04 Å². The van der Waals surface area contributed by atoms with Crippen LogP contribution in [0.25, 0.3) is 0 Å². The van der Waals surface area contributed by atoms with Gasteiger partial charge in [-0.25, -0.2) is 4.79 Å². The van der Waals surface area contributed by atoms with E-state index >= 15 is 0 Å². The molecular weight excluding hydrogens is 170 g/mol. The Morgan fingerprint density at radius 3 is 2.23 bits per heavy atom. The number of amides is 1. The first-order chi connectivity index (χ1) is 6.04. The van der Waals surface area contributed by atoms with Crippen molar-refractivity contribution in [2.45, 2.75) is 32.2 Å². The smallest absolute Gasteiger partial charge is 0.326 e. The lowest BCUT2D eigenvalue weighted by Crippen LogP contribution is -2.48. The fraction of sp³-hybridized carbons (Fsp3) is 0.778. The van der Waals surface area contributed by atoms with E-state index in [1.165, 1.54) is 11.8 Å². The van der Waals surface area contributed by atoms with Crippen LogP contribution in [-0.2, 0) is 9.59 Å². The molecule has 4 heteroatoms. The van der Waals surface area contributed by atoms with E-state index in [0.29, 0.717) is 0 Å². The number of carbonyl (C=O) groups excluding carboxylic acids is 1. The lowest BCUT2D eigenvalue weighted by atomic mass is 9.79. The maximum Gasteiger partial charge on any atom is 0.326 e. The van der Waals surface area contributed by atoms with Gasteiger partial charge in [-0.15, -0.1) is 0 Å². The molecule has 1 atom stereocenters. The quantitative estimate of drug-likeness (QED) is 0.704. The van der Waals surface area contributed by atoms with Gasteiger partial charge in [-0.3, -0.25) is 4.79 Å². The van der Waals surface area contributed by atoms with Crippen LogP contribution in [-0.4, -0.2) is 35.0 Å². The fourth-order valence-electron chi connectivity index (χ4n) is 1.63. The molecule has 0 spiro atoms. The second-order valence-corrected chi connectivity index (χ2v) is 3.60. The summed E-state index contributed by atoms with van der Waals surface area (Å²) < 4.78 is 0. The Balaban J connectivity index is 2.66. The highest BCUT2D eigenvalue weighted by Gasteiger charge is 2.36. The third-order valence-electron chi connectivity index (χ3n) is 2.76. The summed E-state index contributed by atoms with van der Waals surface area (Å²) in [5.74, 6) is -0.909. The Labute approximate surface area is 77.5 Å². The predicted octanol–water partition coefficient (Wildman–Crippen LogP) is 0.718. The summed E-state index contributed by atoms with van der Waals surface area (Å²) in [4.78, 5) is 23.2. The first kappa shape index (κ1) is 10.0. The maximum atomic E-state index is 11.0. The first-order valence-corrected chi connectivity index (χ1v) is 4.50. The number of rotatable bonds is 3. The molecule has 0 radical (unpaired) electrons. The van der Waals surface area contributed by atoms with Gasteiger partial charge in [0.25, 0.3) is 0 Å². The van der Waals surface area contributed by atoms with Crippen molar-refractivity contribution in [1.82, 2.24) is 4.90 Å². The number of carboxylic acid groups (broad SMARTS) is 1. The molecule has 1 fully saturated rings. The summed E-state index contributed by atoms with van der Waals surface area (Å²) in [7, 11) is 1.56. The molecule has 1 unspecified atom stereocenters. The summed E-state index contributed by atoms with van der Waals surface area (Å²) in [6.45, 7) is 1.40. The molecule has 0 aromatic carbocycles. The van der Waals surface area contributed by atoms with Crippen LogP contribution in [0.4, 0.5) is 0 Å². The molecule has 0 bridgehead atoms. The van der Waals surface area contributed by atoms with Gasteiger partial charge in [0.2, 0.25) is 5.91 Å². The third-order valence-corrected chi connectivity index (χ3v) is 2.76. The summed E-state index contributed by atoms with van der Waals surface area (Å²) >= 11 is 0. The number of carbonyl (C=O) groups is 2. The average molecular weight is 185 g/mol. The second kappa shape index (κ2) is 3.77. The van der Waals surface area contributed by atoms with Crippen molar-refractivity contribution in [3.05, 3.63) is 0 Å². The third kappa shape index (κ3) is 1.99. The summed E-state index contributed by atoms with van der Waals surface area (Å²) in [5, 5.41) is 8.93. The van der Waals surface area contributed by atoms with Crippen molar-refractivity contribution in [3.8, 4) is 0 Å². The summed E-state index contributed by atoms with van der Waals surface area (Å²) in [6.07, 6.45) is 2.93. The van der Waals surface area contributed by atoms with Gasteiger partial charge in [-0.2, -0.15) is 0 Å². The molecule has 1 aliphatic carbocycles. The molecule has 1 rings (SSSR count). The highest BCUT2D eigenvalue weighted by atomic mass is 16.4. The molecule has 0 aromatic rings. The van der Waals surface area contributed by atoms with E-state index in [1.54, 1.807) is 7.05 Å². The van der Waals surface area contributed by atoms with E-state index in [1.807, 2.05) is 0 Å². The van der Waals surface area contributed by atoms with E-state index in [4.69, 9.17) is 5.11 Å². The van der Waals surface area contributed by atoms with Gasteiger partial charge < -0.3 is 10.0 Å². The predicted molar refractivity (Wildman–Crippen MR) is 47.2 cm³/mol. The largest absolute Gasteiger partial charge is 0.480 e. The number of nitrogens with zero attached hydrogens (tertiary/aromatic N) is 1. The zero-order chi connectivity index (χ0) is 10.0. The Morgan fingerprint density at radius 1 is 1.46 bits per heavy atom. The molecule has 1 saturated carbocycles. The molecule has 0 saturated heterocycles. The normalized spacial score (nSPS) is 18.9. The SMILES string of the molecule is CC(=O)N(C)C(C(=O)O)C1CCC1. The van der Waals surface area contributed by atoms with E-state index in [-0.39, 0.29) is 11.8 Å². The van der Waals surface area contributed by atoms with Crippen LogP contribution in [0.5, 0.6) is 0 Å². The van der Waals surface area contributed by atoms with Crippen molar-refractivity contribution in [1.29, 1.82) is 0 Å².